The van der Waals surface area contributed by atoms with Crippen LogP contribution in [0.2, 0.25) is 0 Å². The summed E-state index contributed by atoms with van der Waals surface area (Å²) in [6.07, 6.45) is -0.922. The highest BCUT2D eigenvalue weighted by molar-refractivity contribution is 5.73. The van der Waals surface area contributed by atoms with E-state index in [1.165, 1.54) is 13.8 Å². The summed E-state index contributed by atoms with van der Waals surface area (Å²) in [6.45, 7) is 2.56. The molecule has 0 radical (unpaired) electrons. The first kappa shape index (κ1) is 14.2. The van der Waals surface area contributed by atoms with E-state index in [0.29, 0.717) is 5.56 Å². The molecule has 0 saturated heterocycles. The molecule has 0 spiro atoms. The van der Waals surface area contributed by atoms with Gasteiger partial charge in [-0.05, 0) is 5.56 Å². The van der Waals surface area contributed by atoms with Gasteiger partial charge in [0.2, 0.25) is 5.91 Å². The van der Waals surface area contributed by atoms with E-state index in [1.807, 2.05) is 6.07 Å². The van der Waals surface area contributed by atoms with Crippen molar-refractivity contribution < 1.29 is 19.4 Å². The van der Waals surface area contributed by atoms with Gasteiger partial charge in [-0.15, -0.1) is 0 Å². The van der Waals surface area contributed by atoms with Crippen LogP contribution in [0.25, 0.3) is 0 Å². The van der Waals surface area contributed by atoms with Gasteiger partial charge in [0, 0.05) is 13.8 Å². The summed E-state index contributed by atoms with van der Waals surface area (Å²) in [5.41, 5.74) is 0.656. The zero-order valence-corrected chi connectivity index (χ0v) is 10.4. The van der Waals surface area contributed by atoms with Crippen LogP contribution in [0, 0.1) is 0 Å². The highest BCUT2D eigenvalue weighted by Gasteiger charge is 2.22. The van der Waals surface area contributed by atoms with E-state index in [-0.39, 0.29) is 12.5 Å². The Morgan fingerprint density at radius 3 is 2.39 bits per heavy atom. The Balaban J connectivity index is 2.75. The number of rotatable bonds is 5. The number of ether oxygens (including phenoxy) is 1. The van der Waals surface area contributed by atoms with E-state index in [1.54, 1.807) is 24.3 Å². The van der Waals surface area contributed by atoms with Crippen molar-refractivity contribution >= 4 is 11.9 Å². The normalized spacial score (nSPS) is 13.5. The minimum absolute atomic E-state index is 0.0645. The average Bonchev–Trinajstić information content (AvgIpc) is 2.34. The van der Waals surface area contributed by atoms with Crippen molar-refractivity contribution in [3.8, 4) is 0 Å². The molecule has 0 fully saturated rings. The van der Waals surface area contributed by atoms with E-state index < -0.39 is 18.1 Å². The third-order valence-corrected chi connectivity index (χ3v) is 2.38. The number of aliphatic hydroxyl groups excluding tert-OH is 1. The van der Waals surface area contributed by atoms with Crippen molar-refractivity contribution in [2.75, 3.05) is 6.61 Å². The number of hydrogen-bond donors (Lipinski definition) is 2. The van der Waals surface area contributed by atoms with Gasteiger partial charge in [0.05, 0.1) is 6.04 Å². The molecule has 2 atom stereocenters. The molecule has 0 aromatic heterocycles. The molecule has 1 rings (SSSR count). The molecule has 0 aliphatic carbocycles. The van der Waals surface area contributed by atoms with Crippen molar-refractivity contribution in [1.82, 2.24) is 5.32 Å². The van der Waals surface area contributed by atoms with Gasteiger partial charge in [0.1, 0.15) is 12.7 Å². The summed E-state index contributed by atoms with van der Waals surface area (Å²) in [7, 11) is 0. The van der Waals surface area contributed by atoms with E-state index in [2.05, 4.69) is 5.32 Å². The largest absolute Gasteiger partial charge is 0.464 e. The molecule has 0 unspecified atom stereocenters. The lowest BCUT2D eigenvalue weighted by Gasteiger charge is -2.23. The fraction of sp³-hybridized carbons (Fsp3) is 0.385. The molecule has 5 heteroatoms. The van der Waals surface area contributed by atoms with E-state index in [9.17, 15) is 14.7 Å². The molecule has 1 aromatic rings. The van der Waals surface area contributed by atoms with Crippen LogP contribution in [0.4, 0.5) is 0 Å². The Kier molecular flexibility index (Phi) is 5.32. The molecule has 2 N–H and O–H groups in total. The maximum Gasteiger partial charge on any atom is 0.302 e. The predicted molar refractivity (Wildman–Crippen MR) is 65.6 cm³/mol. The van der Waals surface area contributed by atoms with Gasteiger partial charge < -0.3 is 15.2 Å². The summed E-state index contributed by atoms with van der Waals surface area (Å²) in [5, 5.41) is 12.7. The molecule has 0 saturated carbocycles. The minimum Gasteiger partial charge on any atom is -0.464 e. The maximum absolute atomic E-state index is 11.1. The number of nitrogens with one attached hydrogen (secondary N) is 1. The summed E-state index contributed by atoms with van der Waals surface area (Å²) >= 11 is 0. The number of hydrogen-bond acceptors (Lipinski definition) is 4. The molecule has 1 amide bonds. The van der Waals surface area contributed by atoms with Crippen molar-refractivity contribution in [2.45, 2.75) is 26.0 Å². The molecule has 18 heavy (non-hydrogen) atoms. The fourth-order valence-electron chi connectivity index (χ4n) is 1.56. The lowest BCUT2D eigenvalue weighted by atomic mass is 10.0. The van der Waals surface area contributed by atoms with Gasteiger partial charge in [-0.2, -0.15) is 0 Å². The van der Waals surface area contributed by atoms with Gasteiger partial charge in [0.15, 0.2) is 0 Å². The lowest BCUT2D eigenvalue weighted by molar-refractivity contribution is -0.143. The number of amides is 1. The minimum atomic E-state index is -0.922. The maximum atomic E-state index is 11.1. The van der Waals surface area contributed by atoms with Crippen molar-refractivity contribution in [3.63, 3.8) is 0 Å². The summed E-state index contributed by atoms with van der Waals surface area (Å²) in [4.78, 5) is 21.8. The van der Waals surface area contributed by atoms with Crippen LogP contribution in [-0.4, -0.2) is 29.6 Å². The van der Waals surface area contributed by atoms with E-state index >= 15 is 0 Å². The molecule has 0 bridgehead atoms. The molecular formula is C13H17NO4. The Labute approximate surface area is 106 Å². The zero-order chi connectivity index (χ0) is 13.5. The van der Waals surface area contributed by atoms with Crippen molar-refractivity contribution in [2.24, 2.45) is 0 Å². The number of aliphatic hydroxyl groups is 1. The molecular weight excluding hydrogens is 234 g/mol. The first-order valence-electron chi connectivity index (χ1n) is 5.64. The summed E-state index contributed by atoms with van der Waals surface area (Å²) in [5.74, 6) is -0.743. The molecule has 1 aromatic carbocycles. The SMILES string of the molecule is CC(=O)N[C@H](COC(C)=O)[C@@H](O)c1ccccc1. The second-order valence-corrected chi connectivity index (χ2v) is 3.97. The molecule has 0 aliphatic rings. The van der Waals surface area contributed by atoms with E-state index in [0.717, 1.165) is 0 Å². The van der Waals surface area contributed by atoms with Gasteiger partial charge in [-0.3, -0.25) is 9.59 Å². The van der Waals surface area contributed by atoms with E-state index in [4.69, 9.17) is 4.74 Å². The Hall–Kier alpha value is -1.88. The molecule has 5 nitrogen and oxygen atoms in total. The monoisotopic (exact) mass is 251 g/mol. The van der Waals surface area contributed by atoms with Crippen LogP contribution < -0.4 is 5.32 Å². The van der Waals surface area contributed by atoms with Crippen LogP contribution in [0.1, 0.15) is 25.5 Å². The highest BCUT2D eigenvalue weighted by atomic mass is 16.5. The van der Waals surface area contributed by atoms with Crippen LogP contribution in [-0.2, 0) is 14.3 Å². The third kappa shape index (κ3) is 4.55. The van der Waals surface area contributed by atoms with Gasteiger partial charge >= 0.3 is 5.97 Å². The summed E-state index contributed by atoms with van der Waals surface area (Å²) in [6, 6.07) is 8.23. The number of carbonyl (C=O) groups is 2. The lowest BCUT2D eigenvalue weighted by Crippen LogP contribution is -2.41. The van der Waals surface area contributed by atoms with Crippen LogP contribution in [0.3, 0.4) is 0 Å². The van der Waals surface area contributed by atoms with Gasteiger partial charge in [-0.1, -0.05) is 30.3 Å². The first-order valence-corrected chi connectivity index (χ1v) is 5.64. The zero-order valence-electron chi connectivity index (χ0n) is 10.4. The smallest absolute Gasteiger partial charge is 0.302 e. The average molecular weight is 251 g/mol. The van der Waals surface area contributed by atoms with Crippen molar-refractivity contribution in [3.05, 3.63) is 35.9 Å². The topological polar surface area (TPSA) is 75.6 Å². The second-order valence-electron chi connectivity index (χ2n) is 3.97. The van der Waals surface area contributed by atoms with Gasteiger partial charge in [-0.25, -0.2) is 0 Å². The van der Waals surface area contributed by atoms with Crippen LogP contribution in [0.5, 0.6) is 0 Å². The van der Waals surface area contributed by atoms with Crippen LogP contribution in [0.15, 0.2) is 30.3 Å². The number of esters is 1. The molecule has 98 valence electrons. The quantitative estimate of drug-likeness (QED) is 0.759. The number of benzene rings is 1. The Morgan fingerprint density at radius 2 is 1.89 bits per heavy atom. The van der Waals surface area contributed by atoms with Gasteiger partial charge in [0.25, 0.3) is 0 Å². The Bertz CT molecular complexity index is 405. The fourth-order valence-corrected chi connectivity index (χ4v) is 1.56. The second kappa shape index (κ2) is 6.76. The molecule has 0 aliphatic heterocycles. The summed E-state index contributed by atoms with van der Waals surface area (Å²) < 4.78 is 4.83. The third-order valence-electron chi connectivity index (χ3n) is 2.38. The molecule has 0 heterocycles. The standard InChI is InChI=1S/C13H17NO4/c1-9(15)14-12(8-18-10(2)16)13(17)11-6-4-3-5-7-11/h3-7,12-13,17H,8H2,1-2H3,(H,14,15)/t12-,13+/m1/s1. The predicted octanol–water partition coefficient (Wildman–Crippen LogP) is 0.788. The van der Waals surface area contributed by atoms with Crippen molar-refractivity contribution in [1.29, 1.82) is 0 Å². The Morgan fingerprint density at radius 1 is 1.28 bits per heavy atom. The number of carbonyl (C=O) groups excluding carboxylic acids is 2. The van der Waals surface area contributed by atoms with Crippen LogP contribution >= 0.6 is 0 Å². The highest BCUT2D eigenvalue weighted by Crippen LogP contribution is 2.16. The first-order chi connectivity index (χ1) is 8.50.